The number of anilines is 2. The van der Waals surface area contributed by atoms with Crippen molar-refractivity contribution < 1.29 is 18.3 Å². The first-order valence-corrected chi connectivity index (χ1v) is 13.3. The fourth-order valence-electron chi connectivity index (χ4n) is 4.73. The molecule has 212 valence electrons. The van der Waals surface area contributed by atoms with Crippen LogP contribution in [0.25, 0.3) is 22.2 Å². The van der Waals surface area contributed by atoms with Crippen LogP contribution in [0.15, 0.2) is 48.9 Å². The number of fused-ring (bicyclic) bond motifs is 1. The SMILES string of the molecule is CC(c1ccnc(Nc2nc3ccc(-c4cnn(CC(F)F)c4)cc3[nH]2)c1)N1CCN(C(=O)OC(C)(C)C)CC1. The van der Waals surface area contributed by atoms with Gasteiger partial charge in [0.1, 0.15) is 18.0 Å². The summed E-state index contributed by atoms with van der Waals surface area (Å²) in [6.07, 6.45) is 2.23. The molecule has 3 aromatic heterocycles. The van der Waals surface area contributed by atoms with E-state index in [4.69, 9.17) is 4.74 Å². The van der Waals surface area contributed by atoms with E-state index in [-0.39, 0.29) is 12.1 Å². The molecule has 4 aromatic rings. The number of piperazine rings is 1. The zero-order chi connectivity index (χ0) is 28.4. The number of H-pyrrole nitrogens is 1. The topological polar surface area (TPSA) is 104 Å². The van der Waals surface area contributed by atoms with E-state index in [1.165, 1.54) is 4.68 Å². The Morgan fingerprint density at radius 3 is 2.62 bits per heavy atom. The number of benzene rings is 1. The summed E-state index contributed by atoms with van der Waals surface area (Å²) in [6.45, 7) is 10.1. The number of ether oxygens (including phenoxy) is 1. The van der Waals surface area contributed by atoms with Crippen LogP contribution in [0.5, 0.6) is 0 Å². The highest BCUT2D eigenvalue weighted by atomic mass is 19.3. The lowest BCUT2D eigenvalue weighted by molar-refractivity contribution is 0.0110. The number of nitrogens with zero attached hydrogens (tertiary/aromatic N) is 6. The minimum atomic E-state index is -2.46. The maximum atomic E-state index is 12.7. The van der Waals surface area contributed by atoms with Gasteiger partial charge in [-0.25, -0.2) is 23.5 Å². The molecule has 1 aromatic carbocycles. The van der Waals surface area contributed by atoms with Crippen molar-refractivity contribution in [2.75, 3.05) is 31.5 Å². The monoisotopic (exact) mass is 552 g/mol. The normalized spacial score (nSPS) is 15.5. The molecule has 1 aliphatic heterocycles. The van der Waals surface area contributed by atoms with Gasteiger partial charge >= 0.3 is 6.09 Å². The predicted molar refractivity (Wildman–Crippen MR) is 149 cm³/mol. The largest absolute Gasteiger partial charge is 0.444 e. The molecule has 1 atom stereocenters. The van der Waals surface area contributed by atoms with Crippen molar-refractivity contribution in [1.29, 1.82) is 0 Å². The number of nitrogens with one attached hydrogen (secondary N) is 2. The lowest BCUT2D eigenvalue weighted by atomic mass is 10.1. The molecule has 0 bridgehead atoms. The molecule has 0 aliphatic carbocycles. The fraction of sp³-hybridized carbons (Fsp3) is 0.429. The van der Waals surface area contributed by atoms with Crippen LogP contribution < -0.4 is 5.32 Å². The maximum absolute atomic E-state index is 12.7. The molecule has 12 heteroatoms. The predicted octanol–water partition coefficient (Wildman–Crippen LogP) is 5.44. The van der Waals surface area contributed by atoms with E-state index in [0.717, 1.165) is 40.8 Å². The minimum Gasteiger partial charge on any atom is -0.444 e. The molecule has 1 aliphatic rings. The van der Waals surface area contributed by atoms with Gasteiger partial charge in [-0.2, -0.15) is 5.10 Å². The Labute approximate surface area is 231 Å². The second-order valence-corrected chi connectivity index (χ2v) is 10.9. The van der Waals surface area contributed by atoms with Gasteiger partial charge in [0.15, 0.2) is 0 Å². The van der Waals surface area contributed by atoms with Crippen molar-refractivity contribution in [1.82, 2.24) is 34.5 Å². The van der Waals surface area contributed by atoms with Crippen LogP contribution in [0.4, 0.5) is 25.3 Å². The van der Waals surface area contributed by atoms with E-state index in [1.54, 1.807) is 23.5 Å². The smallest absolute Gasteiger partial charge is 0.410 e. The number of hydrogen-bond donors (Lipinski definition) is 2. The summed E-state index contributed by atoms with van der Waals surface area (Å²) in [5.41, 5.74) is 3.76. The maximum Gasteiger partial charge on any atom is 0.410 e. The number of imidazole rings is 1. The number of amides is 1. The van der Waals surface area contributed by atoms with Crippen LogP contribution in [0.2, 0.25) is 0 Å². The van der Waals surface area contributed by atoms with Crippen molar-refractivity contribution in [3.05, 3.63) is 54.5 Å². The number of alkyl halides is 2. The van der Waals surface area contributed by atoms with Gasteiger partial charge in [0.2, 0.25) is 5.95 Å². The summed E-state index contributed by atoms with van der Waals surface area (Å²) in [5, 5.41) is 7.27. The fourth-order valence-corrected chi connectivity index (χ4v) is 4.73. The Balaban J connectivity index is 1.23. The average molecular weight is 553 g/mol. The van der Waals surface area contributed by atoms with Gasteiger partial charge in [0.05, 0.1) is 17.2 Å². The van der Waals surface area contributed by atoms with E-state index in [2.05, 4.69) is 37.2 Å². The number of halogens is 2. The van der Waals surface area contributed by atoms with Gasteiger partial charge < -0.3 is 19.9 Å². The van der Waals surface area contributed by atoms with Gasteiger partial charge in [0, 0.05) is 50.2 Å². The molecule has 4 heterocycles. The van der Waals surface area contributed by atoms with Crippen LogP contribution >= 0.6 is 0 Å². The van der Waals surface area contributed by atoms with Gasteiger partial charge in [-0.15, -0.1) is 0 Å². The van der Waals surface area contributed by atoms with Crippen LogP contribution in [0.3, 0.4) is 0 Å². The molecule has 0 spiro atoms. The third-order valence-corrected chi connectivity index (χ3v) is 6.80. The molecule has 1 saturated heterocycles. The van der Waals surface area contributed by atoms with Crippen molar-refractivity contribution >= 4 is 28.9 Å². The van der Waals surface area contributed by atoms with Crippen LogP contribution in [-0.4, -0.2) is 78.8 Å². The third-order valence-electron chi connectivity index (χ3n) is 6.80. The Bertz CT molecular complexity index is 1470. The first kappa shape index (κ1) is 27.5. The lowest BCUT2D eigenvalue weighted by Crippen LogP contribution is -2.50. The summed E-state index contributed by atoms with van der Waals surface area (Å²) >= 11 is 0. The molecule has 1 fully saturated rings. The zero-order valence-electron chi connectivity index (χ0n) is 23.1. The highest BCUT2D eigenvalue weighted by Crippen LogP contribution is 2.27. The highest BCUT2D eigenvalue weighted by Gasteiger charge is 2.28. The molecule has 0 radical (unpaired) electrons. The average Bonchev–Trinajstić information content (AvgIpc) is 3.53. The van der Waals surface area contributed by atoms with E-state index in [1.807, 2.05) is 51.1 Å². The van der Waals surface area contributed by atoms with Crippen molar-refractivity contribution in [2.45, 2.75) is 52.3 Å². The molecular formula is C28H34F2N8O2. The Morgan fingerprint density at radius 2 is 1.90 bits per heavy atom. The number of aromatic nitrogens is 5. The van der Waals surface area contributed by atoms with Crippen LogP contribution in [-0.2, 0) is 11.3 Å². The number of carbonyl (C=O) groups excluding carboxylic acids is 1. The summed E-state index contributed by atoms with van der Waals surface area (Å²) < 4.78 is 32.1. The summed E-state index contributed by atoms with van der Waals surface area (Å²) in [7, 11) is 0. The molecule has 2 N–H and O–H groups in total. The Morgan fingerprint density at radius 1 is 1.12 bits per heavy atom. The lowest BCUT2D eigenvalue weighted by Gasteiger charge is -2.38. The third kappa shape index (κ3) is 6.56. The summed E-state index contributed by atoms with van der Waals surface area (Å²) in [5.74, 6) is 1.20. The number of rotatable bonds is 7. The van der Waals surface area contributed by atoms with Crippen molar-refractivity contribution in [2.24, 2.45) is 0 Å². The highest BCUT2D eigenvalue weighted by molar-refractivity contribution is 5.83. The number of pyridine rings is 1. The zero-order valence-corrected chi connectivity index (χ0v) is 23.1. The van der Waals surface area contributed by atoms with Crippen LogP contribution in [0, 0.1) is 0 Å². The van der Waals surface area contributed by atoms with E-state index < -0.39 is 18.6 Å². The quantitative estimate of drug-likeness (QED) is 0.314. The van der Waals surface area contributed by atoms with Gasteiger partial charge in [-0.3, -0.25) is 9.58 Å². The standard InChI is InChI=1S/C28H34F2N8O2/c1-18(36-9-11-37(12-10-36)27(39)40-28(2,3)4)19-7-8-31-25(14-19)35-26-33-22-6-5-20(13-23(22)34-26)21-15-32-38(16-21)17-24(29)30/h5-8,13-16,18,24H,9-12,17H2,1-4H3,(H2,31,33,34,35). The minimum absolute atomic E-state index is 0.133. The summed E-state index contributed by atoms with van der Waals surface area (Å²) in [4.78, 5) is 28.8. The van der Waals surface area contributed by atoms with Gasteiger partial charge in [0.25, 0.3) is 6.43 Å². The van der Waals surface area contributed by atoms with E-state index in [0.29, 0.717) is 24.9 Å². The molecule has 40 heavy (non-hydrogen) atoms. The van der Waals surface area contributed by atoms with Gasteiger partial charge in [-0.1, -0.05) is 6.07 Å². The van der Waals surface area contributed by atoms with E-state index >= 15 is 0 Å². The summed E-state index contributed by atoms with van der Waals surface area (Å²) in [6, 6.07) is 9.81. The van der Waals surface area contributed by atoms with E-state index in [9.17, 15) is 13.6 Å². The number of carbonyl (C=O) groups is 1. The number of hydrogen-bond acceptors (Lipinski definition) is 7. The number of aromatic amines is 1. The molecule has 5 rings (SSSR count). The second kappa shape index (κ2) is 11.2. The molecule has 1 unspecified atom stereocenters. The molecule has 1 amide bonds. The first-order chi connectivity index (χ1) is 19.0. The second-order valence-electron chi connectivity index (χ2n) is 10.9. The van der Waals surface area contributed by atoms with Crippen LogP contribution in [0.1, 0.15) is 39.3 Å². The van der Waals surface area contributed by atoms with Gasteiger partial charge in [-0.05, 0) is 63.1 Å². The molecule has 0 saturated carbocycles. The molecular weight excluding hydrogens is 518 g/mol. The Hall–Kier alpha value is -4.06. The molecule has 10 nitrogen and oxygen atoms in total. The Kier molecular flexibility index (Phi) is 7.70. The first-order valence-electron chi connectivity index (χ1n) is 13.3. The van der Waals surface area contributed by atoms with Crippen molar-refractivity contribution in [3.8, 4) is 11.1 Å². The van der Waals surface area contributed by atoms with Crippen molar-refractivity contribution in [3.63, 3.8) is 0 Å².